The molecule has 1 aliphatic heterocycles. The molecular formula is C21H24F3N5O2. The van der Waals surface area contributed by atoms with E-state index in [1.807, 2.05) is 6.07 Å². The van der Waals surface area contributed by atoms with E-state index < -0.39 is 12.1 Å². The number of alkyl halides is 3. The molecule has 3 heterocycles. The predicted molar refractivity (Wildman–Crippen MR) is 110 cm³/mol. The average Bonchev–Trinajstić information content (AvgIpc) is 3.13. The molecule has 10 heteroatoms. The van der Waals surface area contributed by atoms with Gasteiger partial charge in [-0.3, -0.25) is 0 Å². The monoisotopic (exact) mass is 435 g/mol. The second-order valence-electron chi connectivity index (χ2n) is 7.82. The highest BCUT2D eigenvalue weighted by Crippen LogP contribution is 2.34. The first-order valence-corrected chi connectivity index (χ1v) is 10.1. The number of piperidine rings is 1. The number of hydrogen-bond donors (Lipinski definition) is 2. The highest BCUT2D eigenvalue weighted by Gasteiger charge is 2.31. The summed E-state index contributed by atoms with van der Waals surface area (Å²) in [5, 5.41) is 18.0. The maximum atomic E-state index is 12.6. The number of imidazole rings is 1. The van der Waals surface area contributed by atoms with Gasteiger partial charge in [0.2, 0.25) is 0 Å². The summed E-state index contributed by atoms with van der Waals surface area (Å²) >= 11 is 0. The van der Waals surface area contributed by atoms with Crippen LogP contribution in [0.2, 0.25) is 0 Å². The lowest BCUT2D eigenvalue weighted by atomic mass is 9.94. The molecule has 3 aromatic rings. The van der Waals surface area contributed by atoms with Gasteiger partial charge in [-0.25, -0.2) is 9.50 Å². The maximum absolute atomic E-state index is 12.6. The lowest BCUT2D eigenvalue weighted by Crippen LogP contribution is -2.30. The first-order valence-electron chi connectivity index (χ1n) is 10.1. The molecule has 1 fully saturated rings. The van der Waals surface area contributed by atoms with E-state index in [4.69, 9.17) is 0 Å². The fourth-order valence-electron chi connectivity index (χ4n) is 3.82. The lowest BCUT2D eigenvalue weighted by molar-refractivity contribution is -0.274. The van der Waals surface area contributed by atoms with Crippen molar-refractivity contribution in [1.82, 2.24) is 19.5 Å². The van der Waals surface area contributed by atoms with E-state index in [1.54, 1.807) is 6.07 Å². The van der Waals surface area contributed by atoms with Gasteiger partial charge < -0.3 is 20.1 Å². The molecule has 1 aromatic carbocycles. The van der Waals surface area contributed by atoms with Crippen molar-refractivity contribution in [3.63, 3.8) is 0 Å². The van der Waals surface area contributed by atoms with Gasteiger partial charge in [0.05, 0.1) is 11.9 Å². The Labute approximate surface area is 177 Å². The molecule has 0 saturated carbocycles. The van der Waals surface area contributed by atoms with Crippen molar-refractivity contribution in [3.8, 4) is 22.8 Å². The number of nitrogens with zero attached hydrogens (tertiary/aromatic N) is 4. The summed E-state index contributed by atoms with van der Waals surface area (Å²) in [7, 11) is 2.14. The van der Waals surface area contributed by atoms with E-state index in [2.05, 4.69) is 32.1 Å². The number of hydrogen-bond acceptors (Lipinski definition) is 6. The quantitative estimate of drug-likeness (QED) is 0.606. The molecular weight excluding hydrogens is 411 g/mol. The minimum absolute atomic E-state index is 0.144. The zero-order chi connectivity index (χ0) is 22.0. The van der Waals surface area contributed by atoms with Crippen LogP contribution >= 0.6 is 0 Å². The molecule has 0 amide bonds. The average molecular weight is 435 g/mol. The summed E-state index contributed by atoms with van der Waals surface area (Å²) in [6.07, 6.45) is 0.0493. The standard InChI is InChI=1S/C21H24F3N5O2/c1-28-10-7-14(8-11-28)6-9-25-19-4-5-20-26-13-17(29(20)27-19)16-12-15(2-3-18(16)30)31-21(22,23)24/h2-5,12-14,30H,6-11H2,1H3,(H,25,27). The number of aromatic nitrogens is 3. The minimum Gasteiger partial charge on any atom is -0.507 e. The van der Waals surface area contributed by atoms with Crippen LogP contribution in [0.15, 0.2) is 36.5 Å². The van der Waals surface area contributed by atoms with Gasteiger partial charge in [-0.05, 0) is 75.6 Å². The van der Waals surface area contributed by atoms with Crippen molar-refractivity contribution in [2.45, 2.75) is 25.6 Å². The number of ether oxygens (including phenoxy) is 1. The zero-order valence-electron chi connectivity index (χ0n) is 17.1. The Morgan fingerprint density at radius 3 is 2.71 bits per heavy atom. The molecule has 0 unspecified atom stereocenters. The van der Waals surface area contributed by atoms with Crippen LogP contribution in [-0.4, -0.2) is 57.6 Å². The van der Waals surface area contributed by atoms with E-state index in [9.17, 15) is 18.3 Å². The number of phenolic OH excluding ortho intramolecular Hbond substituents is 1. The topological polar surface area (TPSA) is 74.9 Å². The number of halogens is 3. The van der Waals surface area contributed by atoms with Gasteiger partial charge >= 0.3 is 6.36 Å². The SMILES string of the molecule is CN1CCC(CCNc2ccc3ncc(-c4cc(OC(F)(F)F)ccc4O)n3n2)CC1. The number of fused-ring (bicyclic) bond motifs is 1. The van der Waals surface area contributed by atoms with Gasteiger partial charge in [0.25, 0.3) is 0 Å². The smallest absolute Gasteiger partial charge is 0.507 e. The summed E-state index contributed by atoms with van der Waals surface area (Å²) in [5.74, 6) is 0.688. The highest BCUT2D eigenvalue weighted by molar-refractivity contribution is 5.71. The molecule has 2 aromatic heterocycles. The first-order chi connectivity index (χ1) is 14.8. The third-order valence-corrected chi connectivity index (χ3v) is 5.54. The fraction of sp³-hybridized carbons (Fsp3) is 0.429. The van der Waals surface area contributed by atoms with Crippen LogP contribution in [0.25, 0.3) is 16.9 Å². The van der Waals surface area contributed by atoms with Crippen molar-refractivity contribution >= 4 is 11.5 Å². The summed E-state index contributed by atoms with van der Waals surface area (Å²) in [6, 6.07) is 6.90. The number of rotatable bonds is 6. The summed E-state index contributed by atoms with van der Waals surface area (Å²) in [5.41, 5.74) is 1.02. The molecule has 1 saturated heterocycles. The Morgan fingerprint density at radius 2 is 1.97 bits per heavy atom. The molecule has 4 rings (SSSR count). The van der Waals surface area contributed by atoms with Crippen molar-refractivity contribution < 1.29 is 23.0 Å². The lowest BCUT2D eigenvalue weighted by Gasteiger charge is -2.28. The second-order valence-corrected chi connectivity index (χ2v) is 7.82. The Balaban J connectivity index is 1.51. The van der Waals surface area contributed by atoms with Crippen LogP contribution in [0.5, 0.6) is 11.5 Å². The molecule has 0 spiro atoms. The largest absolute Gasteiger partial charge is 0.573 e. The normalized spacial score (nSPS) is 16.0. The number of nitrogens with one attached hydrogen (secondary N) is 1. The second kappa shape index (κ2) is 8.62. The molecule has 0 atom stereocenters. The van der Waals surface area contributed by atoms with Crippen LogP contribution in [0.1, 0.15) is 19.3 Å². The fourth-order valence-corrected chi connectivity index (χ4v) is 3.82. The van der Waals surface area contributed by atoms with Crippen molar-refractivity contribution in [2.75, 3.05) is 32.0 Å². The summed E-state index contributed by atoms with van der Waals surface area (Å²) in [4.78, 5) is 6.57. The molecule has 0 aliphatic carbocycles. The third-order valence-electron chi connectivity index (χ3n) is 5.54. The van der Waals surface area contributed by atoms with Crippen LogP contribution in [0.4, 0.5) is 19.0 Å². The van der Waals surface area contributed by atoms with Crippen molar-refractivity contribution in [1.29, 1.82) is 0 Å². The maximum Gasteiger partial charge on any atom is 0.573 e. The van der Waals surface area contributed by atoms with Gasteiger partial charge in [-0.1, -0.05) is 0 Å². The number of likely N-dealkylation sites (tertiary alicyclic amines) is 1. The Hall–Kier alpha value is -3.01. The van der Waals surface area contributed by atoms with Gasteiger partial charge in [-0.15, -0.1) is 18.3 Å². The van der Waals surface area contributed by atoms with E-state index in [1.165, 1.54) is 23.6 Å². The van der Waals surface area contributed by atoms with Crippen LogP contribution < -0.4 is 10.1 Å². The Kier molecular flexibility index (Phi) is 5.90. The molecule has 0 radical (unpaired) electrons. The minimum atomic E-state index is -4.82. The molecule has 7 nitrogen and oxygen atoms in total. The van der Waals surface area contributed by atoms with Gasteiger partial charge in [0.1, 0.15) is 17.3 Å². The predicted octanol–water partition coefficient (Wildman–Crippen LogP) is 4.14. The van der Waals surface area contributed by atoms with E-state index in [-0.39, 0.29) is 11.3 Å². The molecule has 2 N–H and O–H groups in total. The number of benzene rings is 1. The molecule has 166 valence electrons. The van der Waals surface area contributed by atoms with Crippen molar-refractivity contribution in [2.24, 2.45) is 5.92 Å². The first kappa shape index (κ1) is 21.2. The molecule has 31 heavy (non-hydrogen) atoms. The highest BCUT2D eigenvalue weighted by atomic mass is 19.4. The number of aromatic hydroxyl groups is 1. The van der Waals surface area contributed by atoms with Gasteiger partial charge in [0.15, 0.2) is 5.65 Å². The van der Waals surface area contributed by atoms with Crippen LogP contribution in [-0.2, 0) is 0 Å². The zero-order valence-corrected chi connectivity index (χ0v) is 17.1. The van der Waals surface area contributed by atoms with Crippen LogP contribution in [0.3, 0.4) is 0 Å². The number of phenols is 1. The van der Waals surface area contributed by atoms with E-state index in [0.717, 1.165) is 44.3 Å². The van der Waals surface area contributed by atoms with Gasteiger partial charge in [-0.2, -0.15) is 0 Å². The number of anilines is 1. The van der Waals surface area contributed by atoms with E-state index in [0.29, 0.717) is 23.1 Å². The summed E-state index contributed by atoms with van der Waals surface area (Å²) < 4.78 is 43.2. The summed E-state index contributed by atoms with van der Waals surface area (Å²) in [6.45, 7) is 3.01. The third kappa shape index (κ3) is 5.19. The molecule has 0 bridgehead atoms. The van der Waals surface area contributed by atoms with E-state index >= 15 is 0 Å². The van der Waals surface area contributed by atoms with Crippen molar-refractivity contribution in [3.05, 3.63) is 36.5 Å². The Morgan fingerprint density at radius 1 is 1.19 bits per heavy atom. The van der Waals surface area contributed by atoms with Gasteiger partial charge in [0, 0.05) is 12.1 Å². The Bertz CT molecular complexity index is 1050. The molecule has 1 aliphatic rings. The van der Waals surface area contributed by atoms with Crippen LogP contribution in [0, 0.1) is 5.92 Å².